The number of amides is 1. The van der Waals surface area contributed by atoms with Gasteiger partial charge in [-0.1, -0.05) is 18.2 Å². The number of likely N-dealkylation sites (N-methyl/N-ethyl adjacent to an activating group) is 1. The quantitative estimate of drug-likeness (QED) is 0.906. The Hall–Kier alpha value is -1.88. The van der Waals surface area contributed by atoms with Gasteiger partial charge in [0, 0.05) is 20.2 Å². The smallest absolute Gasteiger partial charge is 0.335 e. The summed E-state index contributed by atoms with van der Waals surface area (Å²) in [6.07, 6.45) is 4.22. The van der Waals surface area contributed by atoms with E-state index in [1.54, 1.807) is 30.2 Å². The van der Waals surface area contributed by atoms with Crippen molar-refractivity contribution in [1.82, 2.24) is 4.90 Å². The van der Waals surface area contributed by atoms with Crippen LogP contribution in [0, 0.1) is 0 Å². The van der Waals surface area contributed by atoms with E-state index in [2.05, 4.69) is 0 Å². The highest BCUT2D eigenvalue weighted by Crippen LogP contribution is 2.24. The molecule has 1 aliphatic carbocycles. The lowest BCUT2D eigenvalue weighted by Crippen LogP contribution is -2.41. The van der Waals surface area contributed by atoms with Crippen LogP contribution in [-0.2, 0) is 16.0 Å². The molecule has 1 aromatic rings. The summed E-state index contributed by atoms with van der Waals surface area (Å²) in [5, 5.41) is 9.18. The second-order valence-electron chi connectivity index (χ2n) is 5.81. The molecule has 2 rings (SSSR count). The first-order valence-electron chi connectivity index (χ1n) is 7.62. The lowest BCUT2D eigenvalue weighted by atomic mass is 9.91. The van der Waals surface area contributed by atoms with E-state index in [0.717, 1.165) is 25.7 Å². The van der Waals surface area contributed by atoms with Crippen molar-refractivity contribution < 1.29 is 19.4 Å². The van der Waals surface area contributed by atoms with Crippen molar-refractivity contribution in [3.05, 3.63) is 35.4 Å². The minimum absolute atomic E-state index is 0.0328. The molecule has 0 unspecified atom stereocenters. The molecule has 5 nitrogen and oxygen atoms in total. The van der Waals surface area contributed by atoms with Crippen LogP contribution in [0.25, 0.3) is 0 Å². The number of rotatable bonds is 5. The fraction of sp³-hybridized carbons (Fsp3) is 0.529. The van der Waals surface area contributed by atoms with Crippen LogP contribution in [0.5, 0.6) is 0 Å². The molecule has 1 aliphatic rings. The minimum Gasteiger partial charge on any atom is -0.478 e. The average molecular weight is 305 g/mol. The summed E-state index contributed by atoms with van der Waals surface area (Å²) >= 11 is 0. The molecule has 5 heteroatoms. The van der Waals surface area contributed by atoms with Gasteiger partial charge >= 0.3 is 5.97 Å². The molecule has 1 aromatic carbocycles. The Morgan fingerprint density at radius 3 is 2.45 bits per heavy atom. The molecule has 0 radical (unpaired) electrons. The summed E-state index contributed by atoms with van der Waals surface area (Å²) in [5.74, 6) is -1.03. The molecule has 0 aromatic heterocycles. The van der Waals surface area contributed by atoms with Crippen LogP contribution in [0.1, 0.15) is 41.6 Å². The zero-order chi connectivity index (χ0) is 16.1. The predicted molar refractivity (Wildman–Crippen MR) is 82.9 cm³/mol. The molecular formula is C17H23NO4. The van der Waals surface area contributed by atoms with Crippen LogP contribution in [0.2, 0.25) is 0 Å². The topological polar surface area (TPSA) is 66.8 Å². The molecule has 120 valence electrons. The lowest BCUT2D eigenvalue weighted by Gasteiger charge is -2.34. The van der Waals surface area contributed by atoms with E-state index >= 15 is 0 Å². The first-order chi connectivity index (χ1) is 10.5. The van der Waals surface area contributed by atoms with E-state index in [1.165, 1.54) is 6.07 Å². The van der Waals surface area contributed by atoms with Gasteiger partial charge in [0.25, 0.3) is 0 Å². The van der Waals surface area contributed by atoms with E-state index in [9.17, 15) is 14.7 Å². The number of hydrogen-bond donors (Lipinski definition) is 1. The second kappa shape index (κ2) is 7.40. The summed E-state index contributed by atoms with van der Waals surface area (Å²) < 4.78 is 5.35. The Morgan fingerprint density at radius 1 is 1.23 bits per heavy atom. The van der Waals surface area contributed by atoms with Crippen LogP contribution in [0.3, 0.4) is 0 Å². The maximum Gasteiger partial charge on any atom is 0.335 e. The number of carboxylic acid groups (broad SMARTS) is 1. The zero-order valence-electron chi connectivity index (χ0n) is 13.1. The number of benzene rings is 1. The molecule has 0 bridgehead atoms. The summed E-state index contributed by atoms with van der Waals surface area (Å²) in [6.45, 7) is 0. The highest BCUT2D eigenvalue weighted by Gasteiger charge is 2.26. The standard InChI is InChI=1S/C17H23NO4/c1-18(13-7-9-14(22-2)10-8-13)16(19)11-12-5-3-4-6-15(12)17(20)21/h3-6,13-14H,7-11H2,1-2H3,(H,20,21). The molecule has 1 saturated carbocycles. The fourth-order valence-corrected chi connectivity index (χ4v) is 3.04. The Bertz CT molecular complexity index is 535. The third-order valence-electron chi connectivity index (χ3n) is 4.51. The molecule has 0 aliphatic heterocycles. The molecular weight excluding hydrogens is 282 g/mol. The first kappa shape index (κ1) is 16.5. The summed E-state index contributed by atoms with van der Waals surface area (Å²) in [6, 6.07) is 6.90. The van der Waals surface area contributed by atoms with Crippen LogP contribution in [-0.4, -0.2) is 48.2 Å². The van der Waals surface area contributed by atoms with E-state index in [0.29, 0.717) is 11.7 Å². The van der Waals surface area contributed by atoms with E-state index in [-0.39, 0.29) is 23.9 Å². The van der Waals surface area contributed by atoms with Gasteiger partial charge in [-0.25, -0.2) is 4.79 Å². The van der Waals surface area contributed by atoms with Gasteiger partial charge in [-0.15, -0.1) is 0 Å². The fourth-order valence-electron chi connectivity index (χ4n) is 3.04. The van der Waals surface area contributed by atoms with Crippen molar-refractivity contribution in [2.45, 2.75) is 44.2 Å². The van der Waals surface area contributed by atoms with E-state index in [4.69, 9.17) is 4.74 Å². The Morgan fingerprint density at radius 2 is 1.86 bits per heavy atom. The van der Waals surface area contributed by atoms with Gasteiger partial charge in [0.2, 0.25) is 5.91 Å². The van der Waals surface area contributed by atoms with Gasteiger partial charge in [0.1, 0.15) is 0 Å². The number of ether oxygens (including phenoxy) is 1. The molecule has 1 N–H and O–H groups in total. The molecule has 0 atom stereocenters. The molecule has 1 amide bonds. The lowest BCUT2D eigenvalue weighted by molar-refractivity contribution is -0.132. The van der Waals surface area contributed by atoms with Crippen LogP contribution < -0.4 is 0 Å². The van der Waals surface area contributed by atoms with Gasteiger partial charge in [-0.3, -0.25) is 4.79 Å². The summed E-state index contributed by atoms with van der Waals surface area (Å²) in [5.41, 5.74) is 0.768. The maximum atomic E-state index is 12.4. The molecule has 0 spiro atoms. The number of carboxylic acids is 1. The van der Waals surface area contributed by atoms with Crippen molar-refractivity contribution in [2.24, 2.45) is 0 Å². The minimum atomic E-state index is -0.994. The van der Waals surface area contributed by atoms with Crippen LogP contribution >= 0.6 is 0 Å². The molecule has 22 heavy (non-hydrogen) atoms. The first-order valence-corrected chi connectivity index (χ1v) is 7.62. The van der Waals surface area contributed by atoms with Crippen LogP contribution in [0.4, 0.5) is 0 Å². The monoisotopic (exact) mass is 305 g/mol. The molecule has 0 saturated heterocycles. The van der Waals surface area contributed by atoms with Crippen molar-refractivity contribution in [3.63, 3.8) is 0 Å². The normalized spacial score (nSPS) is 21.4. The highest BCUT2D eigenvalue weighted by molar-refractivity contribution is 5.91. The largest absolute Gasteiger partial charge is 0.478 e. The Labute approximate surface area is 130 Å². The van der Waals surface area contributed by atoms with Gasteiger partial charge in [0.05, 0.1) is 18.1 Å². The average Bonchev–Trinajstić information content (AvgIpc) is 2.54. The Kier molecular flexibility index (Phi) is 5.55. The number of nitrogens with zero attached hydrogens (tertiary/aromatic N) is 1. The SMILES string of the molecule is COC1CCC(N(C)C(=O)Cc2ccccc2C(=O)O)CC1. The number of aromatic carboxylic acids is 1. The third kappa shape index (κ3) is 3.85. The summed E-state index contributed by atoms with van der Waals surface area (Å²) in [4.78, 5) is 25.4. The van der Waals surface area contributed by atoms with Crippen molar-refractivity contribution in [3.8, 4) is 0 Å². The van der Waals surface area contributed by atoms with Crippen molar-refractivity contribution >= 4 is 11.9 Å². The van der Waals surface area contributed by atoms with Gasteiger partial charge in [-0.05, 0) is 37.3 Å². The van der Waals surface area contributed by atoms with Crippen molar-refractivity contribution in [2.75, 3.05) is 14.2 Å². The molecule has 0 heterocycles. The number of methoxy groups -OCH3 is 1. The third-order valence-corrected chi connectivity index (χ3v) is 4.51. The molecule has 1 fully saturated rings. The zero-order valence-corrected chi connectivity index (χ0v) is 13.1. The van der Waals surface area contributed by atoms with Crippen molar-refractivity contribution in [1.29, 1.82) is 0 Å². The summed E-state index contributed by atoms with van der Waals surface area (Å²) in [7, 11) is 3.53. The highest BCUT2D eigenvalue weighted by atomic mass is 16.5. The number of carbonyl (C=O) groups excluding carboxylic acids is 1. The van der Waals surface area contributed by atoms with Gasteiger partial charge in [0.15, 0.2) is 0 Å². The Balaban J connectivity index is 1.99. The van der Waals surface area contributed by atoms with Gasteiger partial charge < -0.3 is 14.7 Å². The van der Waals surface area contributed by atoms with Gasteiger partial charge in [-0.2, -0.15) is 0 Å². The van der Waals surface area contributed by atoms with Crippen LogP contribution in [0.15, 0.2) is 24.3 Å². The van der Waals surface area contributed by atoms with E-state index < -0.39 is 5.97 Å². The number of hydrogen-bond acceptors (Lipinski definition) is 3. The predicted octanol–water partition coefficient (Wildman–Crippen LogP) is 2.34. The van der Waals surface area contributed by atoms with E-state index in [1.807, 2.05) is 7.05 Å². The maximum absolute atomic E-state index is 12.4. The number of carbonyl (C=O) groups is 2. The second-order valence-corrected chi connectivity index (χ2v) is 5.81.